The van der Waals surface area contributed by atoms with Gasteiger partial charge in [0.1, 0.15) is 11.8 Å². The molecule has 3 aromatic rings. The van der Waals surface area contributed by atoms with Crippen molar-refractivity contribution in [3.63, 3.8) is 0 Å². The average molecular weight is 564 g/mol. The molecule has 4 rings (SSSR count). The van der Waals surface area contributed by atoms with Crippen LogP contribution in [0.2, 0.25) is 0 Å². The molecule has 40 heavy (non-hydrogen) atoms. The van der Waals surface area contributed by atoms with E-state index in [0.29, 0.717) is 37.6 Å². The number of carbonyl (C=O) groups is 2. The van der Waals surface area contributed by atoms with Crippen LogP contribution in [-0.4, -0.2) is 68.9 Å². The second kappa shape index (κ2) is 13.9. The molecular formula is C30H33N3O6S. The molecule has 9 nitrogen and oxygen atoms in total. The summed E-state index contributed by atoms with van der Waals surface area (Å²) in [6.45, 7) is 5.07. The van der Waals surface area contributed by atoms with Gasteiger partial charge in [-0.1, -0.05) is 66.7 Å². The van der Waals surface area contributed by atoms with E-state index >= 15 is 0 Å². The zero-order valence-corrected chi connectivity index (χ0v) is 23.0. The van der Waals surface area contributed by atoms with Crippen LogP contribution in [0.3, 0.4) is 0 Å². The monoisotopic (exact) mass is 563 g/mol. The minimum atomic E-state index is -3.65. The van der Waals surface area contributed by atoms with E-state index in [4.69, 9.17) is 9.47 Å². The first kappa shape index (κ1) is 29.0. The van der Waals surface area contributed by atoms with Crippen LogP contribution in [0.4, 0.5) is 0 Å². The number of hydrogen-bond acceptors (Lipinski definition) is 6. The molecule has 0 saturated carbocycles. The molecule has 1 N–H and O–H groups in total. The highest BCUT2D eigenvalue weighted by Crippen LogP contribution is 2.25. The Kier molecular flexibility index (Phi) is 10.1. The molecule has 0 spiro atoms. The maximum Gasteiger partial charge on any atom is 0.261 e. The van der Waals surface area contributed by atoms with Crippen molar-refractivity contribution in [2.45, 2.75) is 17.5 Å². The Balaban J connectivity index is 1.53. The number of rotatable bonds is 12. The number of sulfonamides is 1. The smallest absolute Gasteiger partial charge is 0.261 e. The lowest BCUT2D eigenvalue weighted by Crippen LogP contribution is -2.45. The minimum absolute atomic E-state index is 0.141. The van der Waals surface area contributed by atoms with Crippen molar-refractivity contribution >= 4 is 21.8 Å². The Morgan fingerprint density at radius 3 is 2.23 bits per heavy atom. The van der Waals surface area contributed by atoms with E-state index in [0.717, 1.165) is 5.56 Å². The van der Waals surface area contributed by atoms with Crippen LogP contribution in [0.25, 0.3) is 0 Å². The second-order valence-corrected chi connectivity index (χ2v) is 11.1. The molecule has 0 bridgehead atoms. The van der Waals surface area contributed by atoms with Gasteiger partial charge in [-0.05, 0) is 35.4 Å². The molecule has 10 heteroatoms. The van der Waals surface area contributed by atoms with Gasteiger partial charge >= 0.3 is 0 Å². The van der Waals surface area contributed by atoms with Crippen LogP contribution in [0.1, 0.15) is 17.2 Å². The third-order valence-corrected chi connectivity index (χ3v) is 8.32. The summed E-state index contributed by atoms with van der Waals surface area (Å²) in [5.74, 6) is -0.411. The Hall–Kier alpha value is -3.99. The molecule has 0 radical (unpaired) electrons. The predicted octanol–water partition coefficient (Wildman–Crippen LogP) is 3.16. The van der Waals surface area contributed by atoms with Gasteiger partial charge in [0.15, 0.2) is 6.61 Å². The van der Waals surface area contributed by atoms with E-state index in [1.54, 1.807) is 18.2 Å². The molecule has 1 aliphatic heterocycles. The van der Waals surface area contributed by atoms with Gasteiger partial charge in [-0.25, -0.2) is 8.42 Å². The maximum absolute atomic E-state index is 13.6. The number of nitrogens with zero attached hydrogens (tertiary/aromatic N) is 2. The fraction of sp³-hybridized carbons (Fsp3) is 0.267. The Labute approximate surface area is 235 Å². The molecule has 2 amide bonds. The molecular weight excluding hydrogens is 530 g/mol. The summed E-state index contributed by atoms with van der Waals surface area (Å²) in [6.07, 6.45) is 1.58. The summed E-state index contributed by atoms with van der Waals surface area (Å²) in [5, 5.41) is 2.81. The minimum Gasteiger partial charge on any atom is -0.484 e. The van der Waals surface area contributed by atoms with E-state index in [9.17, 15) is 18.0 Å². The van der Waals surface area contributed by atoms with Crippen molar-refractivity contribution in [1.29, 1.82) is 0 Å². The lowest BCUT2D eigenvalue weighted by atomic mass is 10.0. The van der Waals surface area contributed by atoms with Gasteiger partial charge in [-0.15, -0.1) is 6.58 Å². The molecule has 1 saturated heterocycles. The molecule has 0 aliphatic carbocycles. The summed E-state index contributed by atoms with van der Waals surface area (Å²) < 4.78 is 38.2. The third-order valence-electron chi connectivity index (χ3n) is 6.41. The number of morpholine rings is 1. The van der Waals surface area contributed by atoms with Crippen molar-refractivity contribution in [3.8, 4) is 5.75 Å². The van der Waals surface area contributed by atoms with Crippen molar-refractivity contribution in [1.82, 2.24) is 14.5 Å². The lowest BCUT2D eigenvalue weighted by Gasteiger charge is -2.31. The summed E-state index contributed by atoms with van der Waals surface area (Å²) in [6, 6.07) is 23.5. The first-order valence-electron chi connectivity index (χ1n) is 13.0. The third kappa shape index (κ3) is 7.35. The van der Waals surface area contributed by atoms with Crippen molar-refractivity contribution < 1.29 is 27.5 Å². The predicted molar refractivity (Wildman–Crippen MR) is 151 cm³/mol. The Morgan fingerprint density at radius 2 is 1.60 bits per heavy atom. The van der Waals surface area contributed by atoms with Gasteiger partial charge in [0.05, 0.1) is 18.1 Å². The maximum atomic E-state index is 13.6. The number of ether oxygens (including phenoxy) is 2. The van der Waals surface area contributed by atoms with Crippen LogP contribution in [0.15, 0.2) is 102 Å². The first-order chi connectivity index (χ1) is 19.4. The van der Waals surface area contributed by atoms with Gasteiger partial charge in [-0.3, -0.25) is 9.59 Å². The Morgan fingerprint density at radius 1 is 0.975 bits per heavy atom. The molecule has 210 valence electrons. The van der Waals surface area contributed by atoms with Crippen LogP contribution in [-0.2, 0) is 30.9 Å². The van der Waals surface area contributed by atoms with Gasteiger partial charge in [0.25, 0.3) is 5.91 Å². The van der Waals surface area contributed by atoms with E-state index in [1.807, 2.05) is 48.5 Å². The van der Waals surface area contributed by atoms with Crippen LogP contribution in [0, 0.1) is 0 Å². The topological polar surface area (TPSA) is 105 Å². The summed E-state index contributed by atoms with van der Waals surface area (Å²) in [4.78, 5) is 28.6. The molecule has 1 heterocycles. The fourth-order valence-corrected chi connectivity index (χ4v) is 5.76. The van der Waals surface area contributed by atoms with Crippen molar-refractivity contribution in [2.75, 3.05) is 39.5 Å². The number of carbonyl (C=O) groups excluding carboxylic acids is 2. The molecule has 0 aromatic heterocycles. The van der Waals surface area contributed by atoms with Crippen LogP contribution >= 0.6 is 0 Å². The number of hydrogen-bond donors (Lipinski definition) is 1. The quantitative estimate of drug-likeness (QED) is 0.340. The van der Waals surface area contributed by atoms with Gasteiger partial charge < -0.3 is 19.7 Å². The molecule has 0 unspecified atom stereocenters. The highest BCUT2D eigenvalue weighted by atomic mass is 32.2. The Bertz CT molecular complexity index is 1380. The number of benzene rings is 3. The SMILES string of the molecule is C=CCNC(=O)[C@H](c1ccccc1)N(Cc1ccccc1)C(=O)COc1ccc(S(=O)(=O)N2CCOCC2)cc1. The standard InChI is InChI=1S/C30H33N3O6S/c1-2-17-31-30(35)29(25-11-7-4-8-12-25)33(22-24-9-5-3-6-10-24)28(34)23-39-26-13-15-27(16-14-26)40(36,37)32-18-20-38-21-19-32/h2-16,29H,1,17-23H2,(H,31,35)/t29-/m0/s1. The normalized spacial score (nSPS) is 14.6. The number of nitrogens with one attached hydrogen (secondary N) is 1. The molecule has 1 aliphatic rings. The average Bonchev–Trinajstić information content (AvgIpc) is 3.00. The van der Waals surface area contributed by atoms with Crippen molar-refractivity contribution in [2.24, 2.45) is 0 Å². The summed E-state index contributed by atoms with van der Waals surface area (Å²) >= 11 is 0. The van der Waals surface area contributed by atoms with E-state index in [1.165, 1.54) is 33.5 Å². The van der Waals surface area contributed by atoms with Gasteiger partial charge in [0, 0.05) is 26.2 Å². The van der Waals surface area contributed by atoms with Gasteiger partial charge in [-0.2, -0.15) is 4.31 Å². The number of amides is 2. The lowest BCUT2D eigenvalue weighted by molar-refractivity contribution is -0.143. The van der Waals surface area contributed by atoms with Crippen LogP contribution < -0.4 is 10.1 Å². The van der Waals surface area contributed by atoms with Crippen LogP contribution in [0.5, 0.6) is 5.75 Å². The molecule has 1 fully saturated rings. The van der Waals surface area contributed by atoms with Crippen molar-refractivity contribution in [3.05, 3.63) is 109 Å². The van der Waals surface area contributed by atoms with E-state index < -0.39 is 22.0 Å². The molecule has 3 aromatic carbocycles. The van der Waals surface area contributed by atoms with Gasteiger partial charge in [0.2, 0.25) is 15.9 Å². The first-order valence-corrected chi connectivity index (χ1v) is 14.4. The highest BCUT2D eigenvalue weighted by Gasteiger charge is 2.32. The molecule has 1 atom stereocenters. The summed E-state index contributed by atoms with van der Waals surface area (Å²) in [7, 11) is -3.65. The largest absolute Gasteiger partial charge is 0.484 e. The summed E-state index contributed by atoms with van der Waals surface area (Å²) in [5.41, 5.74) is 1.51. The van der Waals surface area contributed by atoms with E-state index in [-0.39, 0.29) is 30.5 Å². The zero-order chi connectivity index (χ0) is 28.4. The second-order valence-electron chi connectivity index (χ2n) is 9.13. The van der Waals surface area contributed by atoms with E-state index in [2.05, 4.69) is 11.9 Å². The zero-order valence-electron chi connectivity index (χ0n) is 22.1. The fourth-order valence-electron chi connectivity index (χ4n) is 4.35. The highest BCUT2D eigenvalue weighted by molar-refractivity contribution is 7.89.